The van der Waals surface area contributed by atoms with Gasteiger partial charge in [-0.05, 0) is 58.2 Å². The van der Waals surface area contributed by atoms with E-state index in [1.807, 2.05) is 20.8 Å². The van der Waals surface area contributed by atoms with Crippen LogP contribution in [0.5, 0.6) is 0 Å². The Hall–Kier alpha value is -2.44. The SMILES string of the molecule is CCC(C)(C)C(=O)OC1C2CC3C1OC(=O)C3C2C(=O)OC(C)(C)c1ccc(F)cc1. The van der Waals surface area contributed by atoms with Gasteiger partial charge in [-0.25, -0.2) is 4.39 Å². The van der Waals surface area contributed by atoms with Crippen LogP contribution in [0, 0.1) is 34.9 Å². The maximum Gasteiger partial charge on any atom is 0.311 e. The zero-order chi connectivity index (χ0) is 22.7. The lowest BCUT2D eigenvalue weighted by Crippen LogP contribution is -2.46. The average molecular weight is 432 g/mol. The van der Waals surface area contributed by atoms with Crippen molar-refractivity contribution in [2.45, 2.75) is 65.3 Å². The zero-order valence-electron chi connectivity index (χ0n) is 18.5. The molecule has 31 heavy (non-hydrogen) atoms. The van der Waals surface area contributed by atoms with Crippen molar-refractivity contribution in [1.29, 1.82) is 0 Å². The highest BCUT2D eigenvalue weighted by Gasteiger charge is 2.70. The minimum atomic E-state index is -1.01. The highest BCUT2D eigenvalue weighted by Crippen LogP contribution is 2.59. The molecule has 1 saturated heterocycles. The third-order valence-corrected chi connectivity index (χ3v) is 7.39. The first-order valence-corrected chi connectivity index (χ1v) is 10.9. The van der Waals surface area contributed by atoms with Crippen molar-refractivity contribution in [2.24, 2.45) is 29.1 Å². The number of ether oxygens (including phenoxy) is 3. The van der Waals surface area contributed by atoms with Gasteiger partial charge in [0.2, 0.25) is 0 Å². The molecule has 3 aliphatic rings. The molecule has 7 heteroatoms. The average Bonchev–Trinajstić information content (AvgIpc) is 3.31. The van der Waals surface area contributed by atoms with Crippen LogP contribution in [0.2, 0.25) is 0 Å². The van der Waals surface area contributed by atoms with E-state index in [4.69, 9.17) is 14.2 Å². The van der Waals surface area contributed by atoms with E-state index in [0.29, 0.717) is 18.4 Å². The van der Waals surface area contributed by atoms with Crippen LogP contribution in [0.15, 0.2) is 24.3 Å². The molecule has 1 aromatic carbocycles. The van der Waals surface area contributed by atoms with Crippen molar-refractivity contribution in [3.05, 3.63) is 35.6 Å². The maximum absolute atomic E-state index is 13.3. The molecular weight excluding hydrogens is 403 g/mol. The van der Waals surface area contributed by atoms with Crippen molar-refractivity contribution in [3.8, 4) is 0 Å². The molecule has 2 saturated carbocycles. The van der Waals surface area contributed by atoms with Crippen LogP contribution in [0.4, 0.5) is 4.39 Å². The summed E-state index contributed by atoms with van der Waals surface area (Å²) in [5.41, 5.74) is -1.03. The van der Waals surface area contributed by atoms with E-state index in [9.17, 15) is 18.8 Å². The Kier molecular flexibility index (Phi) is 5.14. The van der Waals surface area contributed by atoms with Gasteiger partial charge < -0.3 is 14.2 Å². The molecule has 6 nitrogen and oxygen atoms in total. The van der Waals surface area contributed by atoms with Gasteiger partial charge in [-0.1, -0.05) is 19.1 Å². The number of rotatable bonds is 6. The lowest BCUT2D eigenvalue weighted by molar-refractivity contribution is -0.177. The molecule has 0 aromatic heterocycles. The van der Waals surface area contributed by atoms with E-state index in [0.717, 1.165) is 0 Å². The summed E-state index contributed by atoms with van der Waals surface area (Å²) in [4.78, 5) is 38.5. The van der Waals surface area contributed by atoms with Crippen LogP contribution in [0.25, 0.3) is 0 Å². The molecule has 0 spiro atoms. The van der Waals surface area contributed by atoms with Gasteiger partial charge in [-0.2, -0.15) is 0 Å². The van der Waals surface area contributed by atoms with Gasteiger partial charge in [0.25, 0.3) is 0 Å². The van der Waals surface area contributed by atoms with Gasteiger partial charge in [-0.3, -0.25) is 14.4 Å². The normalized spacial score (nSPS) is 31.5. The van der Waals surface area contributed by atoms with Crippen molar-refractivity contribution in [1.82, 2.24) is 0 Å². The first kappa shape index (κ1) is 21.8. The van der Waals surface area contributed by atoms with Gasteiger partial charge in [-0.15, -0.1) is 0 Å². The quantitative estimate of drug-likeness (QED) is 0.503. The second-order valence-corrected chi connectivity index (χ2v) is 10.1. The minimum Gasteiger partial charge on any atom is -0.458 e. The Morgan fingerprint density at radius 2 is 1.77 bits per heavy atom. The van der Waals surface area contributed by atoms with Crippen LogP contribution in [-0.4, -0.2) is 30.1 Å². The Morgan fingerprint density at radius 3 is 2.39 bits per heavy atom. The highest BCUT2D eigenvalue weighted by molar-refractivity contribution is 5.86. The molecule has 6 atom stereocenters. The maximum atomic E-state index is 13.3. The largest absolute Gasteiger partial charge is 0.458 e. The van der Waals surface area contributed by atoms with E-state index >= 15 is 0 Å². The lowest BCUT2D eigenvalue weighted by atomic mass is 9.78. The summed E-state index contributed by atoms with van der Waals surface area (Å²) in [7, 11) is 0. The van der Waals surface area contributed by atoms with Gasteiger partial charge in [0.05, 0.1) is 17.3 Å². The third kappa shape index (κ3) is 3.52. The first-order chi connectivity index (χ1) is 14.5. The van der Waals surface area contributed by atoms with E-state index in [1.54, 1.807) is 26.0 Å². The lowest BCUT2D eigenvalue weighted by Gasteiger charge is -2.34. The summed E-state index contributed by atoms with van der Waals surface area (Å²) in [6, 6.07) is 5.76. The van der Waals surface area contributed by atoms with Gasteiger partial charge >= 0.3 is 17.9 Å². The monoisotopic (exact) mass is 432 g/mol. The summed E-state index contributed by atoms with van der Waals surface area (Å²) < 4.78 is 30.5. The number of fused-ring (bicyclic) bond motifs is 1. The molecule has 1 aliphatic heterocycles. The van der Waals surface area contributed by atoms with Crippen molar-refractivity contribution in [3.63, 3.8) is 0 Å². The minimum absolute atomic E-state index is 0.147. The Balaban J connectivity index is 1.55. The summed E-state index contributed by atoms with van der Waals surface area (Å²) >= 11 is 0. The molecule has 0 amide bonds. The summed E-state index contributed by atoms with van der Waals surface area (Å²) in [5, 5.41) is 0. The summed E-state index contributed by atoms with van der Waals surface area (Å²) in [6.45, 7) is 8.97. The predicted molar refractivity (Wildman–Crippen MR) is 108 cm³/mol. The molecule has 1 aromatic rings. The second kappa shape index (κ2) is 7.31. The number of hydrogen-bond donors (Lipinski definition) is 0. The van der Waals surface area contributed by atoms with Gasteiger partial charge in [0.15, 0.2) is 0 Å². The van der Waals surface area contributed by atoms with Gasteiger partial charge in [0.1, 0.15) is 23.6 Å². The number of esters is 3. The fourth-order valence-electron chi connectivity index (χ4n) is 5.13. The molecule has 6 unspecified atom stereocenters. The van der Waals surface area contributed by atoms with Crippen molar-refractivity contribution >= 4 is 17.9 Å². The van der Waals surface area contributed by atoms with Crippen LogP contribution in [0.1, 0.15) is 53.0 Å². The molecule has 1 heterocycles. The highest BCUT2D eigenvalue weighted by atomic mass is 19.1. The number of benzene rings is 1. The molecule has 3 fully saturated rings. The van der Waals surface area contributed by atoms with Crippen LogP contribution < -0.4 is 0 Å². The molecule has 4 rings (SSSR count). The fraction of sp³-hybridized carbons (Fsp3) is 0.625. The first-order valence-electron chi connectivity index (χ1n) is 10.9. The Labute approximate surface area is 181 Å². The predicted octanol–water partition coefficient (Wildman–Crippen LogP) is 3.76. The topological polar surface area (TPSA) is 78.9 Å². The fourth-order valence-corrected chi connectivity index (χ4v) is 5.13. The molecule has 0 N–H and O–H groups in total. The smallest absolute Gasteiger partial charge is 0.311 e. The van der Waals surface area contributed by atoms with E-state index in [2.05, 4.69) is 0 Å². The number of carbonyl (C=O) groups is 3. The van der Waals surface area contributed by atoms with Crippen LogP contribution in [-0.2, 0) is 34.2 Å². The number of halogens is 1. The van der Waals surface area contributed by atoms with Crippen LogP contribution >= 0.6 is 0 Å². The molecule has 0 radical (unpaired) electrons. The zero-order valence-corrected chi connectivity index (χ0v) is 18.5. The Bertz CT molecular complexity index is 905. The second-order valence-electron chi connectivity index (χ2n) is 10.1. The number of carbonyl (C=O) groups excluding carboxylic acids is 3. The molecule has 2 aliphatic carbocycles. The molecule has 2 bridgehead atoms. The van der Waals surface area contributed by atoms with E-state index < -0.39 is 47.0 Å². The standard InChI is InChI=1S/C24H29FO6/c1-6-23(2,3)22(28)30-19-15-11-14-16(20(26)29-18(14)19)17(15)21(27)31-24(4,5)12-7-9-13(25)10-8-12/h7-10,14-19H,6,11H2,1-5H3. The Morgan fingerprint density at radius 1 is 1.13 bits per heavy atom. The molecular formula is C24H29FO6. The van der Waals surface area contributed by atoms with Crippen molar-refractivity contribution in [2.75, 3.05) is 0 Å². The number of hydrogen-bond acceptors (Lipinski definition) is 6. The third-order valence-electron chi connectivity index (χ3n) is 7.39. The van der Waals surface area contributed by atoms with Crippen LogP contribution in [0.3, 0.4) is 0 Å². The summed E-state index contributed by atoms with van der Waals surface area (Å²) in [6.07, 6.45) is 0.0603. The summed E-state index contributed by atoms with van der Waals surface area (Å²) in [5.74, 6) is -3.43. The molecule has 168 valence electrons. The van der Waals surface area contributed by atoms with E-state index in [1.165, 1.54) is 12.1 Å². The van der Waals surface area contributed by atoms with Gasteiger partial charge in [0, 0.05) is 11.8 Å². The van der Waals surface area contributed by atoms with Crippen molar-refractivity contribution < 1.29 is 33.0 Å². The van der Waals surface area contributed by atoms with E-state index in [-0.39, 0.29) is 23.6 Å².